The highest BCUT2D eigenvalue weighted by atomic mass is 32.2. The highest BCUT2D eigenvalue weighted by molar-refractivity contribution is 7.80. The minimum Gasteiger partial charge on any atom is -0.505 e. The van der Waals surface area contributed by atoms with E-state index in [1.54, 1.807) is 49.4 Å². The molecule has 0 heterocycles. The van der Waals surface area contributed by atoms with Gasteiger partial charge in [0.25, 0.3) is 12.2 Å². The summed E-state index contributed by atoms with van der Waals surface area (Å²) in [5, 5.41) is 55.7. The molecule has 0 aliphatic carbocycles. The number of carbonyl (C=O) groups excluding carboxylic acids is 2. The quantitative estimate of drug-likeness (QED) is 0.0151. The summed E-state index contributed by atoms with van der Waals surface area (Å²) in [7, 11) is 0. The van der Waals surface area contributed by atoms with Crippen molar-refractivity contribution in [1.82, 2.24) is 0 Å². The number of Topliss-reactive ketones (excluding diaryl/α,β-unsaturated/α-hetero) is 1. The number of hydrogen-bond acceptors (Lipinski definition) is 17. The van der Waals surface area contributed by atoms with Gasteiger partial charge in [0, 0.05) is 17.9 Å². The van der Waals surface area contributed by atoms with Crippen molar-refractivity contribution in [2.45, 2.75) is 23.1 Å². The normalized spacial score (nSPS) is 12.7. The van der Waals surface area contributed by atoms with Crippen molar-refractivity contribution in [3.05, 3.63) is 94.0 Å². The topological polar surface area (TPSA) is 328 Å². The number of phenols is 1. The maximum Gasteiger partial charge on any atom is 0.329 e. The Kier molecular flexibility index (Phi) is 13.6. The Bertz CT molecular complexity index is 2600. The van der Waals surface area contributed by atoms with Gasteiger partial charge in [0.2, 0.25) is 0 Å². The molecule has 2 atom stereocenters. The number of phenolic OH excluding ortho intramolecular Hbond substituents is 1. The second-order valence-corrected chi connectivity index (χ2v) is 13.6. The third-order valence-electron chi connectivity index (χ3n) is 7.83. The molecule has 6 N–H and O–H groups in total. The standard InChI is InChI=1S/C35H28N8O13S2/c1-18-10-21(5-9-25(18)39-37-20-3-6-23(7-4-20)56-17-44)38-41-27-14-29(57(51)52)24-13-30(58(53)54)34(35(48)32(24)33(27)36)42-40-26-8-2-19(12-28(26)43(49)50)11-22(45)15-55-16-31(46)47/h2-10,12-14,17,48H,11,15-16,36H2,1H3,(H,46,47)(H,51,52)(H,53,54). The monoisotopic (exact) mass is 832 g/mol. The third-order valence-corrected chi connectivity index (χ3v) is 9.23. The molecule has 21 nitrogen and oxygen atoms in total. The van der Waals surface area contributed by atoms with Gasteiger partial charge in [-0.3, -0.25) is 19.7 Å². The number of azo groups is 3. The number of nitrogens with two attached hydrogens (primary N) is 1. The number of nitrogen functional groups attached to an aromatic ring is 1. The fourth-order valence-electron chi connectivity index (χ4n) is 5.19. The SMILES string of the molecule is Cc1cc(N=Nc2cc(S(=O)O)c3cc(S(=O)O)c(N=Nc4ccc(CC(=O)COCC(=O)O)cc4[N+](=O)[O-])c(O)c3c2N)ccc1N=Nc1ccc(OC=O)cc1. The summed E-state index contributed by atoms with van der Waals surface area (Å²) in [6.45, 7) is 0.766. The van der Waals surface area contributed by atoms with Crippen LogP contribution in [0.15, 0.2) is 113 Å². The molecule has 2 unspecified atom stereocenters. The van der Waals surface area contributed by atoms with Gasteiger partial charge in [-0.2, -0.15) is 15.3 Å². The molecule has 5 aromatic carbocycles. The van der Waals surface area contributed by atoms with Gasteiger partial charge >= 0.3 is 5.97 Å². The molecule has 0 amide bonds. The Morgan fingerprint density at radius 2 is 1.47 bits per heavy atom. The van der Waals surface area contributed by atoms with E-state index >= 15 is 0 Å². The van der Waals surface area contributed by atoms with Crippen LogP contribution in [0.1, 0.15) is 11.1 Å². The minimum atomic E-state index is -2.90. The smallest absolute Gasteiger partial charge is 0.329 e. The van der Waals surface area contributed by atoms with Crippen molar-refractivity contribution in [2.24, 2.45) is 30.7 Å². The number of nitrogens with zero attached hydrogens (tertiary/aromatic N) is 7. The van der Waals surface area contributed by atoms with Crippen LogP contribution in [0, 0.1) is 17.0 Å². The first-order valence-corrected chi connectivity index (χ1v) is 18.4. The lowest BCUT2D eigenvalue weighted by atomic mass is 10.0. The number of nitro groups is 1. The van der Waals surface area contributed by atoms with Gasteiger partial charge in [-0.1, -0.05) is 6.07 Å². The lowest BCUT2D eigenvalue weighted by molar-refractivity contribution is -0.384. The van der Waals surface area contributed by atoms with Gasteiger partial charge in [0.1, 0.15) is 30.3 Å². The van der Waals surface area contributed by atoms with Crippen LogP contribution in [-0.2, 0) is 47.7 Å². The first-order valence-electron chi connectivity index (χ1n) is 16.2. The fraction of sp³-hybridized carbons (Fsp3) is 0.114. The van der Waals surface area contributed by atoms with Crippen molar-refractivity contribution in [3.63, 3.8) is 0 Å². The predicted octanol–water partition coefficient (Wildman–Crippen LogP) is 7.50. The van der Waals surface area contributed by atoms with Gasteiger partial charge in [-0.05, 0) is 78.7 Å². The predicted molar refractivity (Wildman–Crippen MR) is 205 cm³/mol. The summed E-state index contributed by atoms with van der Waals surface area (Å²) < 4.78 is 54.7. The number of carbonyl (C=O) groups is 3. The van der Waals surface area contributed by atoms with Crippen LogP contribution in [0.4, 0.5) is 45.5 Å². The van der Waals surface area contributed by atoms with Crippen molar-refractivity contribution < 1.29 is 56.5 Å². The summed E-state index contributed by atoms with van der Waals surface area (Å²) in [5.41, 5.74) is 6.24. The number of ketones is 1. The first-order chi connectivity index (χ1) is 27.7. The largest absolute Gasteiger partial charge is 0.505 e. The molecule has 5 rings (SSSR count). The number of carboxylic acid groups (broad SMARTS) is 1. The maximum absolute atomic E-state index is 12.5. The zero-order valence-electron chi connectivity index (χ0n) is 29.6. The molecule has 0 spiro atoms. The molecule has 0 bridgehead atoms. The van der Waals surface area contributed by atoms with E-state index in [1.165, 1.54) is 6.07 Å². The minimum absolute atomic E-state index is 0.155. The third kappa shape index (κ3) is 10.2. The Labute approximate surface area is 330 Å². The highest BCUT2D eigenvalue weighted by Crippen LogP contribution is 2.48. The van der Waals surface area contributed by atoms with Crippen LogP contribution < -0.4 is 10.5 Å². The molecule has 0 aliphatic heterocycles. The summed E-state index contributed by atoms with van der Waals surface area (Å²) in [5.74, 6) is -2.41. The summed E-state index contributed by atoms with van der Waals surface area (Å²) in [6.07, 6.45) is -0.348. The fourth-order valence-corrected chi connectivity index (χ4v) is 6.28. The number of ether oxygens (including phenoxy) is 2. The van der Waals surface area contributed by atoms with Crippen molar-refractivity contribution in [2.75, 3.05) is 18.9 Å². The number of carboxylic acids is 1. The van der Waals surface area contributed by atoms with Crippen molar-refractivity contribution >= 4 is 96.7 Å². The molecule has 0 aromatic heterocycles. The average molecular weight is 833 g/mol. The van der Waals surface area contributed by atoms with Crippen LogP contribution in [0.25, 0.3) is 10.8 Å². The molecule has 0 aliphatic rings. The number of aryl methyl sites for hydroxylation is 1. The average Bonchev–Trinajstić information content (AvgIpc) is 3.17. The zero-order chi connectivity index (χ0) is 42.1. The molecule has 5 aromatic rings. The van der Waals surface area contributed by atoms with Crippen LogP contribution in [0.5, 0.6) is 11.5 Å². The Morgan fingerprint density at radius 1 is 0.828 bits per heavy atom. The van der Waals surface area contributed by atoms with E-state index in [-0.39, 0.29) is 39.0 Å². The Balaban J connectivity index is 1.49. The molecule has 0 saturated carbocycles. The highest BCUT2D eigenvalue weighted by Gasteiger charge is 2.25. The lowest BCUT2D eigenvalue weighted by Gasteiger charge is -2.14. The van der Waals surface area contributed by atoms with E-state index in [0.717, 1.165) is 24.3 Å². The van der Waals surface area contributed by atoms with Gasteiger partial charge < -0.3 is 34.5 Å². The number of nitro benzene ring substituents is 1. The number of fused-ring (bicyclic) bond motifs is 1. The summed E-state index contributed by atoms with van der Waals surface area (Å²) >= 11 is -5.67. The summed E-state index contributed by atoms with van der Waals surface area (Å²) in [4.78, 5) is 43.4. The Morgan fingerprint density at radius 3 is 2.10 bits per heavy atom. The molecule has 0 fully saturated rings. The van der Waals surface area contributed by atoms with Gasteiger partial charge in [-0.15, -0.1) is 15.3 Å². The van der Waals surface area contributed by atoms with E-state index in [4.69, 9.17) is 20.3 Å². The molecular weight excluding hydrogens is 805 g/mol. The molecular formula is C35H28N8O13S2. The molecule has 0 radical (unpaired) electrons. The number of aromatic hydroxyl groups is 1. The van der Waals surface area contributed by atoms with Gasteiger partial charge in [0.15, 0.2) is 39.4 Å². The second kappa shape index (κ2) is 18.7. The van der Waals surface area contributed by atoms with E-state index < -0.39 is 79.8 Å². The van der Waals surface area contributed by atoms with E-state index in [2.05, 4.69) is 30.7 Å². The number of rotatable bonds is 17. The summed E-state index contributed by atoms with van der Waals surface area (Å²) in [6, 6.07) is 16.6. The van der Waals surface area contributed by atoms with Gasteiger partial charge in [-0.25, -0.2) is 13.2 Å². The second-order valence-electron chi connectivity index (χ2n) is 11.8. The van der Waals surface area contributed by atoms with E-state index in [0.29, 0.717) is 34.8 Å². The van der Waals surface area contributed by atoms with Crippen LogP contribution in [-0.4, -0.2) is 64.1 Å². The maximum atomic E-state index is 12.5. The Hall–Kier alpha value is -7.05. The lowest BCUT2D eigenvalue weighted by Crippen LogP contribution is -2.15. The van der Waals surface area contributed by atoms with Crippen LogP contribution in [0.2, 0.25) is 0 Å². The molecule has 23 heteroatoms. The van der Waals surface area contributed by atoms with E-state index in [1.807, 2.05) is 0 Å². The number of aliphatic carboxylic acids is 1. The first kappa shape index (κ1) is 42.1. The molecule has 58 heavy (non-hydrogen) atoms. The van der Waals surface area contributed by atoms with E-state index in [9.17, 15) is 47.1 Å². The number of hydrogen-bond donors (Lipinski definition) is 5. The van der Waals surface area contributed by atoms with Crippen molar-refractivity contribution in [1.29, 1.82) is 0 Å². The van der Waals surface area contributed by atoms with Crippen molar-refractivity contribution in [3.8, 4) is 11.5 Å². The number of benzene rings is 5. The molecule has 298 valence electrons. The zero-order valence-corrected chi connectivity index (χ0v) is 31.2. The van der Waals surface area contributed by atoms with Crippen LogP contribution in [0.3, 0.4) is 0 Å². The number of anilines is 1. The van der Waals surface area contributed by atoms with Crippen LogP contribution >= 0.6 is 0 Å². The molecule has 0 saturated heterocycles. The van der Waals surface area contributed by atoms with Gasteiger partial charge in [0.05, 0.1) is 42.9 Å².